The lowest BCUT2D eigenvalue weighted by atomic mass is 9.76. The molecule has 38 heavy (non-hydrogen) atoms. The fourth-order valence-corrected chi connectivity index (χ4v) is 5.96. The number of Topliss-reactive ketones (excluding diaryl/α,β-unsaturated/α-hetero) is 1. The Kier molecular flexibility index (Phi) is 6.71. The highest BCUT2D eigenvalue weighted by Gasteiger charge is 2.68. The van der Waals surface area contributed by atoms with Crippen molar-refractivity contribution in [1.82, 2.24) is 10.2 Å². The number of nitrogens with zero attached hydrogens (tertiary/aromatic N) is 1. The zero-order valence-electron chi connectivity index (χ0n) is 21.6. The number of hydrogen-bond acceptors (Lipinski definition) is 6. The maximum atomic E-state index is 13.6. The van der Waals surface area contributed by atoms with Crippen molar-refractivity contribution in [2.45, 2.75) is 31.8 Å². The van der Waals surface area contributed by atoms with E-state index in [-0.39, 0.29) is 30.6 Å². The van der Waals surface area contributed by atoms with Gasteiger partial charge in [-0.15, -0.1) is 0 Å². The molecule has 1 N–H and O–H groups in total. The standard InChI is InChI=1S/C31H30N2O5/c1-4-33-28(35)25-26(29(33)36)31(30(37)38-3,18-20-8-6-5-7-9-20)32-27(25)24-16-14-23(15-17-24)22-12-10-21(11-13-22)19(2)34/h5-17,25-27,32H,4,18H2,1-3H3/t25-,26-,27-,31-/m1/s1. The molecule has 2 amide bonds. The lowest BCUT2D eigenvalue weighted by Crippen LogP contribution is -2.57. The van der Waals surface area contributed by atoms with Crippen LogP contribution in [-0.2, 0) is 25.5 Å². The number of carbonyl (C=O) groups excluding carboxylic acids is 4. The van der Waals surface area contributed by atoms with Crippen molar-refractivity contribution in [2.75, 3.05) is 13.7 Å². The molecule has 2 fully saturated rings. The highest BCUT2D eigenvalue weighted by molar-refractivity contribution is 6.09. The molecular formula is C31H30N2O5. The van der Waals surface area contributed by atoms with E-state index in [1.807, 2.05) is 66.7 Å². The van der Waals surface area contributed by atoms with E-state index in [9.17, 15) is 19.2 Å². The van der Waals surface area contributed by atoms with E-state index in [1.54, 1.807) is 19.1 Å². The van der Waals surface area contributed by atoms with Crippen LogP contribution in [0.15, 0.2) is 78.9 Å². The zero-order valence-corrected chi connectivity index (χ0v) is 21.6. The van der Waals surface area contributed by atoms with Gasteiger partial charge in [0.2, 0.25) is 11.8 Å². The predicted molar refractivity (Wildman–Crippen MR) is 142 cm³/mol. The fourth-order valence-electron chi connectivity index (χ4n) is 5.96. The number of carbonyl (C=O) groups is 4. The Balaban J connectivity index is 1.55. The van der Waals surface area contributed by atoms with Gasteiger partial charge in [0.1, 0.15) is 5.54 Å². The molecule has 0 radical (unpaired) electrons. The van der Waals surface area contributed by atoms with Crippen LogP contribution >= 0.6 is 0 Å². The second kappa shape index (κ2) is 9.99. The normalized spacial score (nSPS) is 24.4. The van der Waals surface area contributed by atoms with Gasteiger partial charge < -0.3 is 4.74 Å². The molecule has 7 nitrogen and oxygen atoms in total. The molecule has 2 saturated heterocycles. The van der Waals surface area contributed by atoms with Gasteiger partial charge in [0.25, 0.3) is 0 Å². The number of methoxy groups -OCH3 is 1. The highest BCUT2D eigenvalue weighted by atomic mass is 16.5. The van der Waals surface area contributed by atoms with Crippen molar-refractivity contribution in [1.29, 1.82) is 0 Å². The molecule has 7 heteroatoms. The fraction of sp³-hybridized carbons (Fsp3) is 0.290. The third-order valence-electron chi connectivity index (χ3n) is 7.83. The summed E-state index contributed by atoms with van der Waals surface area (Å²) in [4.78, 5) is 53.4. The molecule has 4 atom stereocenters. The maximum Gasteiger partial charge on any atom is 0.327 e. The van der Waals surface area contributed by atoms with Gasteiger partial charge in [-0.1, -0.05) is 78.9 Å². The van der Waals surface area contributed by atoms with Gasteiger partial charge in [-0.05, 0) is 36.1 Å². The summed E-state index contributed by atoms with van der Waals surface area (Å²) in [5.41, 5.74) is 2.84. The lowest BCUT2D eigenvalue weighted by molar-refractivity contribution is -0.154. The quantitative estimate of drug-likeness (QED) is 0.294. The Bertz CT molecular complexity index is 1380. The largest absolute Gasteiger partial charge is 0.468 e. The SMILES string of the molecule is CCN1C(=O)[C@H]2[C@@H](c3ccc(-c4ccc(C(C)=O)cc4)cc3)N[C@@](Cc3ccccc3)(C(=O)OC)[C@H]2C1=O. The van der Waals surface area contributed by atoms with Gasteiger partial charge in [-0.2, -0.15) is 0 Å². The number of esters is 1. The minimum Gasteiger partial charge on any atom is -0.468 e. The van der Waals surface area contributed by atoms with Crippen LogP contribution in [0.4, 0.5) is 0 Å². The molecule has 0 saturated carbocycles. The summed E-state index contributed by atoms with van der Waals surface area (Å²) in [5, 5.41) is 3.43. The number of imide groups is 1. The van der Waals surface area contributed by atoms with Crippen LogP contribution in [0.1, 0.15) is 41.4 Å². The maximum absolute atomic E-state index is 13.6. The second-order valence-electron chi connectivity index (χ2n) is 9.93. The minimum absolute atomic E-state index is 0.00949. The molecule has 2 aliphatic heterocycles. The van der Waals surface area contributed by atoms with Crippen molar-refractivity contribution in [3.8, 4) is 11.1 Å². The second-order valence-corrected chi connectivity index (χ2v) is 9.93. The van der Waals surface area contributed by atoms with E-state index in [2.05, 4.69) is 5.32 Å². The van der Waals surface area contributed by atoms with Crippen LogP contribution < -0.4 is 5.32 Å². The number of amides is 2. The Morgan fingerprint density at radius 2 is 1.50 bits per heavy atom. The first kappa shape index (κ1) is 25.5. The van der Waals surface area contributed by atoms with Gasteiger partial charge in [0, 0.05) is 24.6 Å². The molecule has 0 bridgehead atoms. The average molecular weight is 511 g/mol. The van der Waals surface area contributed by atoms with Crippen molar-refractivity contribution < 1.29 is 23.9 Å². The van der Waals surface area contributed by atoms with Crippen LogP contribution in [0, 0.1) is 11.8 Å². The van der Waals surface area contributed by atoms with E-state index >= 15 is 0 Å². The summed E-state index contributed by atoms with van der Waals surface area (Å²) >= 11 is 0. The van der Waals surface area contributed by atoms with Crippen LogP contribution in [0.3, 0.4) is 0 Å². The molecule has 0 aromatic heterocycles. The first-order valence-electron chi connectivity index (χ1n) is 12.8. The first-order chi connectivity index (χ1) is 18.3. The van der Waals surface area contributed by atoms with Gasteiger partial charge in [0.15, 0.2) is 5.78 Å². The van der Waals surface area contributed by atoms with Crippen LogP contribution in [0.2, 0.25) is 0 Å². The lowest BCUT2D eigenvalue weighted by Gasteiger charge is -2.32. The molecule has 3 aromatic rings. The Morgan fingerprint density at radius 3 is 2.05 bits per heavy atom. The summed E-state index contributed by atoms with van der Waals surface area (Å²) in [6.07, 6.45) is 0.218. The number of ether oxygens (including phenoxy) is 1. The smallest absolute Gasteiger partial charge is 0.327 e. The molecule has 2 aliphatic rings. The van der Waals surface area contributed by atoms with Gasteiger partial charge in [0.05, 0.1) is 18.9 Å². The number of benzene rings is 3. The van der Waals surface area contributed by atoms with E-state index in [0.717, 1.165) is 22.3 Å². The summed E-state index contributed by atoms with van der Waals surface area (Å²) in [6.45, 7) is 3.55. The molecule has 0 unspecified atom stereocenters. The summed E-state index contributed by atoms with van der Waals surface area (Å²) < 4.78 is 5.25. The molecule has 0 aliphatic carbocycles. The minimum atomic E-state index is -1.39. The molecule has 2 heterocycles. The average Bonchev–Trinajstić information content (AvgIpc) is 3.42. The van der Waals surface area contributed by atoms with Crippen LogP contribution in [0.25, 0.3) is 11.1 Å². The van der Waals surface area contributed by atoms with Gasteiger partial charge in [-0.25, -0.2) is 0 Å². The monoisotopic (exact) mass is 510 g/mol. The van der Waals surface area contributed by atoms with Crippen LogP contribution in [0.5, 0.6) is 0 Å². The van der Waals surface area contributed by atoms with Gasteiger partial charge in [-0.3, -0.25) is 29.4 Å². The molecule has 3 aromatic carbocycles. The predicted octanol–water partition coefficient (Wildman–Crippen LogP) is 3.98. The summed E-state index contributed by atoms with van der Waals surface area (Å²) in [6, 6.07) is 24.0. The van der Waals surface area contributed by atoms with Crippen molar-refractivity contribution in [3.63, 3.8) is 0 Å². The zero-order chi connectivity index (χ0) is 27.0. The molecule has 194 valence electrons. The van der Waals surface area contributed by atoms with E-state index < -0.39 is 29.4 Å². The van der Waals surface area contributed by atoms with Crippen LogP contribution in [-0.4, -0.2) is 47.7 Å². The summed E-state index contributed by atoms with van der Waals surface area (Å²) in [7, 11) is 1.31. The number of likely N-dealkylation sites (tertiary alicyclic amines) is 1. The van der Waals surface area contributed by atoms with Crippen molar-refractivity contribution >= 4 is 23.6 Å². The third kappa shape index (κ3) is 4.13. The van der Waals surface area contributed by atoms with Crippen molar-refractivity contribution in [2.24, 2.45) is 11.8 Å². The summed E-state index contributed by atoms with van der Waals surface area (Å²) in [5.74, 6) is -2.78. The Morgan fingerprint density at radius 1 is 0.895 bits per heavy atom. The third-order valence-corrected chi connectivity index (χ3v) is 7.83. The van der Waals surface area contributed by atoms with E-state index in [4.69, 9.17) is 4.74 Å². The number of hydrogen-bond donors (Lipinski definition) is 1. The topological polar surface area (TPSA) is 92.8 Å². The number of fused-ring (bicyclic) bond motifs is 1. The number of nitrogens with one attached hydrogen (secondary N) is 1. The Hall–Kier alpha value is -4.10. The van der Waals surface area contributed by atoms with Crippen molar-refractivity contribution in [3.05, 3.63) is 95.6 Å². The van der Waals surface area contributed by atoms with E-state index in [1.165, 1.54) is 18.9 Å². The van der Waals surface area contributed by atoms with Gasteiger partial charge >= 0.3 is 5.97 Å². The molecular weight excluding hydrogens is 480 g/mol. The molecule has 5 rings (SSSR count). The first-order valence-corrected chi connectivity index (χ1v) is 12.8. The number of rotatable bonds is 7. The Labute approximate surface area is 221 Å². The highest BCUT2D eigenvalue weighted by Crippen LogP contribution is 2.50. The van der Waals surface area contributed by atoms with E-state index in [0.29, 0.717) is 5.56 Å². The molecule has 0 spiro atoms. The number of ketones is 1.